The van der Waals surface area contributed by atoms with Crippen molar-refractivity contribution in [1.82, 2.24) is 0 Å². The van der Waals surface area contributed by atoms with Crippen LogP contribution in [0.4, 0.5) is 0 Å². The van der Waals surface area contributed by atoms with Gasteiger partial charge >= 0.3 is 49.0 Å². The molecule has 0 aromatic heterocycles. The fourth-order valence-corrected chi connectivity index (χ4v) is 32.8. The number of carbonyl (C=O) groups excluding carboxylic acids is 1. The van der Waals surface area contributed by atoms with E-state index in [4.69, 9.17) is 34.5 Å². The predicted molar refractivity (Wildman–Crippen MR) is 231 cm³/mol. The highest BCUT2D eigenvalue weighted by atomic mass is 28.5. The molecule has 1 rings (SSSR count). The first-order valence-electron chi connectivity index (χ1n) is 21.8. The third-order valence-corrected chi connectivity index (χ3v) is 31.6. The molecule has 1 heterocycles. The van der Waals surface area contributed by atoms with Crippen molar-refractivity contribution in [3.8, 4) is 0 Å². The minimum atomic E-state index is -2.89. The molecule has 1 fully saturated rings. The molecule has 0 aliphatic carbocycles. The first-order valence-corrected chi connectivity index (χ1v) is 34.1. The molecule has 0 bridgehead atoms. The van der Waals surface area contributed by atoms with Crippen molar-refractivity contribution in [2.24, 2.45) is 5.92 Å². The molecule has 0 spiro atoms. The first-order chi connectivity index (χ1) is 25.1. The lowest BCUT2D eigenvalue weighted by Crippen LogP contribution is -2.66. The third kappa shape index (κ3) is 22.7. The summed E-state index contributed by atoms with van der Waals surface area (Å²) in [5.74, 6) is -0.594. The molecule has 14 heteroatoms. The quantitative estimate of drug-likeness (QED) is 0.0373. The minimum Gasteiger partial charge on any atom is -0.465 e. The van der Waals surface area contributed by atoms with Crippen molar-refractivity contribution in [3.05, 3.63) is 0 Å². The Morgan fingerprint density at radius 1 is 0.528 bits per heavy atom. The molecule has 53 heavy (non-hydrogen) atoms. The number of rotatable bonds is 32. The Morgan fingerprint density at radius 3 is 1.30 bits per heavy atom. The number of ether oxygens (including phenoxy) is 1. The van der Waals surface area contributed by atoms with Gasteiger partial charge in [0, 0.05) is 33.4 Å². The Bertz CT molecular complexity index is 939. The minimum absolute atomic E-state index is 0.230. The van der Waals surface area contributed by atoms with Crippen LogP contribution >= 0.6 is 0 Å². The maximum Gasteiger partial charge on any atom is 0.500 e. The van der Waals surface area contributed by atoms with Crippen LogP contribution in [0.3, 0.4) is 0 Å². The van der Waals surface area contributed by atoms with E-state index in [-0.39, 0.29) is 18.5 Å². The van der Waals surface area contributed by atoms with E-state index in [1.54, 1.807) is 21.3 Å². The maximum absolute atomic E-state index is 13.3. The van der Waals surface area contributed by atoms with Gasteiger partial charge in [-0.05, 0) is 51.2 Å². The van der Waals surface area contributed by atoms with Crippen LogP contribution < -0.4 is 0 Å². The summed E-state index contributed by atoms with van der Waals surface area (Å²) in [5.41, 5.74) is 0. The van der Waals surface area contributed by atoms with Crippen molar-refractivity contribution in [3.63, 3.8) is 0 Å². The van der Waals surface area contributed by atoms with E-state index in [1.165, 1.54) is 116 Å². The van der Waals surface area contributed by atoms with Crippen LogP contribution in [0.15, 0.2) is 0 Å². The monoisotopic (exact) mass is 839 g/mol. The van der Waals surface area contributed by atoms with Gasteiger partial charge in [-0.1, -0.05) is 149 Å². The number of unbranched alkanes of at least 4 members (excludes halogenated alkanes) is 18. The molecule has 1 aliphatic rings. The summed E-state index contributed by atoms with van der Waals surface area (Å²) in [5, 5.41) is 0. The largest absolute Gasteiger partial charge is 0.500 e. The van der Waals surface area contributed by atoms with Gasteiger partial charge in [-0.15, -0.1) is 0 Å². The molecule has 0 amide bonds. The van der Waals surface area contributed by atoms with E-state index in [2.05, 4.69) is 46.6 Å². The Kier molecular flexibility index (Phi) is 26.9. The van der Waals surface area contributed by atoms with Gasteiger partial charge < -0.3 is 34.5 Å². The van der Waals surface area contributed by atoms with Gasteiger partial charge in [-0.25, -0.2) is 0 Å². The van der Waals surface area contributed by atoms with Crippen LogP contribution in [0, 0.1) is 5.92 Å². The Hall–Kier alpha value is 0.274. The van der Waals surface area contributed by atoms with Gasteiger partial charge in [-0.2, -0.15) is 0 Å². The third-order valence-electron chi connectivity index (χ3n) is 10.6. The highest BCUT2D eigenvalue weighted by Gasteiger charge is 2.55. The molecule has 1 aliphatic heterocycles. The molecule has 0 aromatic carbocycles. The molecule has 0 radical (unpaired) electrons. The van der Waals surface area contributed by atoms with Crippen molar-refractivity contribution in [2.45, 2.75) is 213 Å². The van der Waals surface area contributed by atoms with Gasteiger partial charge in [0.1, 0.15) is 0 Å². The van der Waals surface area contributed by atoms with Crippen LogP contribution in [0.2, 0.25) is 56.9 Å². The fourth-order valence-electron chi connectivity index (χ4n) is 7.99. The van der Waals surface area contributed by atoms with Crippen LogP contribution in [0.25, 0.3) is 0 Å². The lowest BCUT2D eigenvalue weighted by Gasteiger charge is -2.50. The average molecular weight is 840 g/mol. The SMILES string of the molecule is CCCCCCCCCCCC[Si]1(C)O[Si](C)(C)O[Si](C)(CC(C)C(=O)OCCC[Si](OC)(OC)OC)O[Si](C)(CCCCCCCCCCCC)O1. The molecular formula is C39H86O9Si5. The summed E-state index contributed by atoms with van der Waals surface area (Å²) in [6, 6.07) is 3.01. The highest BCUT2D eigenvalue weighted by Crippen LogP contribution is 2.38. The van der Waals surface area contributed by atoms with Crippen molar-refractivity contribution in [2.75, 3.05) is 27.9 Å². The molecule has 9 nitrogen and oxygen atoms in total. The Morgan fingerprint density at radius 2 is 0.887 bits per heavy atom. The molecule has 0 aromatic rings. The summed E-state index contributed by atoms with van der Waals surface area (Å²) in [6.45, 7) is 17.7. The topological polar surface area (TPSA) is 90.9 Å². The van der Waals surface area contributed by atoms with Gasteiger partial charge in [0.05, 0.1) is 12.5 Å². The summed E-state index contributed by atoms with van der Waals surface area (Å²) in [4.78, 5) is 13.3. The molecule has 4 unspecified atom stereocenters. The predicted octanol–water partition coefficient (Wildman–Crippen LogP) is 12.3. The second kappa shape index (κ2) is 27.8. The summed E-state index contributed by atoms with van der Waals surface area (Å²) in [7, 11) is -8.70. The smallest absolute Gasteiger partial charge is 0.465 e. The number of hydrogen-bond acceptors (Lipinski definition) is 9. The maximum atomic E-state index is 13.3. The Labute approximate surface area is 333 Å². The van der Waals surface area contributed by atoms with Gasteiger partial charge in [0.2, 0.25) is 0 Å². The molecule has 4 atom stereocenters. The average Bonchev–Trinajstić information content (AvgIpc) is 3.08. The molecule has 0 saturated carbocycles. The summed E-state index contributed by atoms with van der Waals surface area (Å²) < 4.78 is 51.1. The lowest BCUT2D eigenvalue weighted by molar-refractivity contribution is -0.147. The second-order valence-electron chi connectivity index (χ2n) is 16.7. The second-order valence-corrected chi connectivity index (χ2v) is 34.1. The normalized spacial score (nSPS) is 24.1. The fraction of sp³-hybridized carbons (Fsp3) is 0.974. The first kappa shape index (κ1) is 51.3. The van der Waals surface area contributed by atoms with E-state index >= 15 is 0 Å². The van der Waals surface area contributed by atoms with Crippen molar-refractivity contribution in [1.29, 1.82) is 0 Å². The standard InChI is InChI=1S/C39H86O9Si5/c1-12-14-16-18-20-22-24-26-28-30-34-50(9)45-49(7,8)46-52(11,37-38(3)39(40)44-33-32-36-53(41-4,42-5)43-6)48-51(10,47-50)35-31-29-27-25-23-21-19-17-15-13-2/h38H,12-37H2,1-11H3. The lowest BCUT2D eigenvalue weighted by atomic mass is 10.1. The van der Waals surface area contributed by atoms with Crippen LogP contribution in [-0.2, 0) is 39.3 Å². The zero-order chi connectivity index (χ0) is 39.7. The van der Waals surface area contributed by atoms with E-state index in [1.807, 2.05) is 6.92 Å². The van der Waals surface area contributed by atoms with E-state index in [0.29, 0.717) is 18.5 Å². The summed E-state index contributed by atoms with van der Waals surface area (Å²) in [6.07, 6.45) is 26.7. The molecule has 316 valence electrons. The van der Waals surface area contributed by atoms with Gasteiger partial charge in [-0.3, -0.25) is 4.79 Å². The number of esters is 1. The van der Waals surface area contributed by atoms with E-state index < -0.39 is 43.0 Å². The van der Waals surface area contributed by atoms with E-state index in [9.17, 15) is 4.79 Å². The zero-order valence-electron chi connectivity index (χ0n) is 36.6. The number of carbonyl (C=O) groups is 1. The molecular weight excluding hydrogens is 753 g/mol. The molecule has 0 N–H and O–H groups in total. The van der Waals surface area contributed by atoms with Crippen LogP contribution in [0.1, 0.15) is 156 Å². The molecule has 1 saturated heterocycles. The Balaban J connectivity index is 2.92. The summed E-state index contributed by atoms with van der Waals surface area (Å²) >= 11 is 0. The zero-order valence-corrected chi connectivity index (χ0v) is 41.6. The van der Waals surface area contributed by atoms with Crippen molar-refractivity contribution >= 4 is 49.0 Å². The van der Waals surface area contributed by atoms with Gasteiger partial charge in [0.25, 0.3) is 0 Å². The van der Waals surface area contributed by atoms with Crippen LogP contribution in [0.5, 0.6) is 0 Å². The van der Waals surface area contributed by atoms with Crippen molar-refractivity contribution < 1.29 is 39.3 Å². The van der Waals surface area contributed by atoms with E-state index in [0.717, 1.165) is 24.9 Å². The van der Waals surface area contributed by atoms with Crippen LogP contribution in [-0.4, -0.2) is 77.0 Å². The number of hydrogen-bond donors (Lipinski definition) is 0. The highest BCUT2D eigenvalue weighted by molar-refractivity contribution is 6.93. The van der Waals surface area contributed by atoms with Gasteiger partial charge in [0.15, 0.2) is 0 Å².